The molecule has 4 fully saturated rings. The summed E-state index contributed by atoms with van der Waals surface area (Å²) in [6.07, 6.45) is 2.33. The van der Waals surface area contributed by atoms with Crippen LogP contribution >= 0.6 is 0 Å². The van der Waals surface area contributed by atoms with E-state index in [2.05, 4.69) is 27.1 Å². The molecule has 0 spiro atoms. The molecular weight excluding hydrogens is 370 g/mol. The number of amides is 1. The fourth-order valence-electron chi connectivity index (χ4n) is 6.02. The molecule has 0 saturated carbocycles. The third-order valence-corrected chi connectivity index (χ3v) is 7.33. The number of piperidine rings is 3. The molecule has 152 valence electrons. The van der Waals surface area contributed by atoms with E-state index in [1.807, 2.05) is 19.9 Å². The highest BCUT2D eigenvalue weighted by atomic mass is 16.7. The van der Waals surface area contributed by atoms with Gasteiger partial charge < -0.3 is 18.9 Å². The van der Waals surface area contributed by atoms with Crippen molar-refractivity contribution in [3.05, 3.63) is 40.8 Å². The first kappa shape index (κ1) is 17.3. The average Bonchev–Trinajstić information content (AvgIpc) is 3.45. The number of aromatic nitrogens is 1. The van der Waals surface area contributed by atoms with Crippen LogP contribution in [-0.2, 0) is 0 Å². The number of aryl methyl sites for hydroxylation is 2. The molecule has 5 aliphatic heterocycles. The first-order valence-corrected chi connectivity index (χ1v) is 10.5. The summed E-state index contributed by atoms with van der Waals surface area (Å²) >= 11 is 0. The van der Waals surface area contributed by atoms with Gasteiger partial charge in [-0.3, -0.25) is 9.69 Å². The number of benzene rings is 1. The summed E-state index contributed by atoms with van der Waals surface area (Å²) in [6, 6.07) is 6.85. The number of hydrogen-bond donors (Lipinski definition) is 0. The lowest BCUT2D eigenvalue weighted by Gasteiger charge is -2.51. The van der Waals surface area contributed by atoms with Gasteiger partial charge in [0.2, 0.25) is 6.79 Å². The normalized spacial score (nSPS) is 31.9. The molecule has 7 rings (SSSR count). The van der Waals surface area contributed by atoms with Crippen molar-refractivity contribution in [2.24, 2.45) is 5.92 Å². The van der Waals surface area contributed by atoms with Gasteiger partial charge in [-0.05, 0) is 63.4 Å². The van der Waals surface area contributed by atoms with Gasteiger partial charge >= 0.3 is 0 Å². The van der Waals surface area contributed by atoms with Crippen LogP contribution in [0.15, 0.2) is 22.7 Å². The summed E-state index contributed by atoms with van der Waals surface area (Å²) in [4.78, 5) is 18.3. The summed E-state index contributed by atoms with van der Waals surface area (Å²) in [5, 5.41) is 4.01. The molecule has 1 amide bonds. The predicted molar refractivity (Wildman–Crippen MR) is 104 cm³/mol. The number of rotatable bonds is 2. The zero-order valence-electron chi connectivity index (χ0n) is 16.8. The highest BCUT2D eigenvalue weighted by Gasteiger charge is 2.55. The largest absolute Gasteiger partial charge is 0.454 e. The molecular formula is C22H25N3O4. The topological polar surface area (TPSA) is 68.0 Å². The monoisotopic (exact) mass is 395 g/mol. The Hall–Kier alpha value is -2.54. The molecule has 2 aromatic rings. The van der Waals surface area contributed by atoms with E-state index in [0.29, 0.717) is 35.5 Å². The fraction of sp³-hybridized carbons (Fsp3) is 0.545. The van der Waals surface area contributed by atoms with Gasteiger partial charge in [0.1, 0.15) is 11.3 Å². The lowest BCUT2D eigenvalue weighted by Crippen LogP contribution is -2.60. The third kappa shape index (κ3) is 2.46. The van der Waals surface area contributed by atoms with E-state index in [1.165, 1.54) is 18.4 Å². The van der Waals surface area contributed by atoms with Crippen LogP contribution in [0.3, 0.4) is 0 Å². The lowest BCUT2D eigenvalue weighted by atomic mass is 9.75. The summed E-state index contributed by atoms with van der Waals surface area (Å²) in [5.41, 5.74) is 2.54. The molecule has 4 saturated heterocycles. The Labute approximate surface area is 169 Å². The van der Waals surface area contributed by atoms with E-state index in [9.17, 15) is 4.79 Å². The van der Waals surface area contributed by atoms with Gasteiger partial charge in [0.05, 0.1) is 11.7 Å². The van der Waals surface area contributed by atoms with Crippen molar-refractivity contribution < 1.29 is 18.8 Å². The summed E-state index contributed by atoms with van der Waals surface area (Å²) in [6.45, 7) is 6.92. The number of fused-ring (bicyclic) bond motifs is 3. The Morgan fingerprint density at radius 2 is 1.90 bits per heavy atom. The molecule has 0 aliphatic carbocycles. The van der Waals surface area contributed by atoms with Crippen molar-refractivity contribution in [1.29, 1.82) is 0 Å². The van der Waals surface area contributed by atoms with Crippen molar-refractivity contribution in [3.8, 4) is 11.5 Å². The second-order valence-corrected chi connectivity index (χ2v) is 8.73. The third-order valence-electron chi connectivity index (χ3n) is 7.33. The standard InChI is InChI=1S/C22H25N3O4/c1-12-19(13(2)29-23-12)22(26)25-10-16(15-3-4-17-18(9-15)28-11-27-17)21-20(25)14-5-7-24(21)8-6-14/h3-4,9,14,16,20-21H,5-8,10-11H2,1-2H3/t16-,20+,21+/m1/s1. The van der Waals surface area contributed by atoms with Gasteiger partial charge in [0, 0.05) is 18.5 Å². The molecule has 6 heterocycles. The molecule has 0 unspecified atom stereocenters. The number of nitrogens with zero attached hydrogens (tertiary/aromatic N) is 3. The van der Waals surface area contributed by atoms with Crippen LogP contribution in [0.2, 0.25) is 0 Å². The molecule has 0 radical (unpaired) electrons. The number of carbonyl (C=O) groups excluding carboxylic acids is 1. The highest BCUT2D eigenvalue weighted by molar-refractivity contribution is 5.96. The van der Waals surface area contributed by atoms with Gasteiger partial charge in [0.25, 0.3) is 5.91 Å². The van der Waals surface area contributed by atoms with Gasteiger partial charge in [-0.25, -0.2) is 0 Å². The van der Waals surface area contributed by atoms with E-state index < -0.39 is 0 Å². The fourth-order valence-corrected chi connectivity index (χ4v) is 6.02. The number of carbonyl (C=O) groups is 1. The van der Waals surface area contributed by atoms with E-state index in [4.69, 9.17) is 14.0 Å². The smallest absolute Gasteiger partial charge is 0.259 e. The van der Waals surface area contributed by atoms with Crippen molar-refractivity contribution in [1.82, 2.24) is 15.0 Å². The quantitative estimate of drug-likeness (QED) is 0.779. The molecule has 0 N–H and O–H groups in total. The average molecular weight is 395 g/mol. The molecule has 7 nitrogen and oxygen atoms in total. The zero-order valence-corrected chi connectivity index (χ0v) is 16.8. The second-order valence-electron chi connectivity index (χ2n) is 8.73. The number of hydrogen-bond acceptors (Lipinski definition) is 6. The van der Waals surface area contributed by atoms with Crippen molar-refractivity contribution in [3.63, 3.8) is 0 Å². The number of likely N-dealkylation sites (tertiary alicyclic amines) is 1. The SMILES string of the molecule is Cc1noc(C)c1C(=O)N1C[C@H](c2ccc3c(c2)OCO3)[C@H]2[C@@H]1C1CCN2CC1. The van der Waals surface area contributed by atoms with E-state index in [-0.39, 0.29) is 24.7 Å². The van der Waals surface area contributed by atoms with Crippen LogP contribution < -0.4 is 9.47 Å². The maximum absolute atomic E-state index is 13.6. The summed E-state index contributed by atoms with van der Waals surface area (Å²) in [5.74, 6) is 3.11. The van der Waals surface area contributed by atoms with Crippen molar-refractivity contribution in [2.75, 3.05) is 26.4 Å². The van der Waals surface area contributed by atoms with E-state index >= 15 is 0 Å². The Balaban J connectivity index is 1.40. The Kier molecular flexibility index (Phi) is 3.72. The molecule has 29 heavy (non-hydrogen) atoms. The highest BCUT2D eigenvalue weighted by Crippen LogP contribution is 2.48. The first-order valence-electron chi connectivity index (χ1n) is 10.5. The summed E-state index contributed by atoms with van der Waals surface area (Å²) < 4.78 is 16.4. The summed E-state index contributed by atoms with van der Waals surface area (Å²) in [7, 11) is 0. The van der Waals surface area contributed by atoms with Crippen LogP contribution in [0.1, 0.15) is 46.1 Å². The molecule has 1 aromatic heterocycles. The predicted octanol–water partition coefficient (Wildman–Crippen LogP) is 2.72. The minimum Gasteiger partial charge on any atom is -0.454 e. The van der Waals surface area contributed by atoms with Gasteiger partial charge in [-0.1, -0.05) is 11.2 Å². The zero-order chi connectivity index (χ0) is 19.7. The molecule has 1 aromatic carbocycles. The minimum absolute atomic E-state index is 0.0632. The molecule has 2 bridgehead atoms. The Morgan fingerprint density at radius 1 is 1.10 bits per heavy atom. The second kappa shape index (κ2) is 6.23. The molecule has 3 atom stereocenters. The van der Waals surface area contributed by atoms with Crippen molar-refractivity contribution in [2.45, 2.75) is 44.7 Å². The van der Waals surface area contributed by atoms with Gasteiger partial charge in [-0.2, -0.15) is 0 Å². The Bertz CT molecular complexity index is 959. The maximum atomic E-state index is 13.6. The Morgan fingerprint density at radius 3 is 2.66 bits per heavy atom. The maximum Gasteiger partial charge on any atom is 0.259 e. The van der Waals surface area contributed by atoms with Crippen LogP contribution in [0.25, 0.3) is 0 Å². The van der Waals surface area contributed by atoms with Crippen LogP contribution in [0, 0.1) is 19.8 Å². The van der Waals surface area contributed by atoms with E-state index in [0.717, 1.165) is 24.6 Å². The minimum atomic E-state index is 0.0632. The molecule has 7 heteroatoms. The van der Waals surface area contributed by atoms with Gasteiger partial charge in [-0.15, -0.1) is 0 Å². The first-order chi connectivity index (χ1) is 14.1. The molecule has 5 aliphatic rings. The van der Waals surface area contributed by atoms with Gasteiger partial charge in [0.15, 0.2) is 11.5 Å². The number of ether oxygens (including phenoxy) is 2. The van der Waals surface area contributed by atoms with E-state index in [1.54, 1.807) is 0 Å². The van der Waals surface area contributed by atoms with Crippen LogP contribution in [0.5, 0.6) is 11.5 Å². The van der Waals surface area contributed by atoms with Crippen LogP contribution in [0.4, 0.5) is 0 Å². The van der Waals surface area contributed by atoms with Crippen LogP contribution in [-0.4, -0.2) is 59.4 Å². The lowest BCUT2D eigenvalue weighted by molar-refractivity contribution is -0.00348. The van der Waals surface area contributed by atoms with Crippen molar-refractivity contribution >= 4 is 5.91 Å².